The van der Waals surface area contributed by atoms with Crippen LogP contribution in [0.3, 0.4) is 0 Å². The molecule has 1 aliphatic carbocycles. The molecule has 0 aliphatic heterocycles. The van der Waals surface area contributed by atoms with E-state index >= 15 is 0 Å². The number of nitrogens with zero attached hydrogens (tertiary/aromatic N) is 1. The normalized spacial score (nSPS) is 17.5. The first-order valence-corrected chi connectivity index (χ1v) is 5.77. The largest absolute Gasteiger partial charge is 0.349 e. The summed E-state index contributed by atoms with van der Waals surface area (Å²) in [7, 11) is 3.56. The summed E-state index contributed by atoms with van der Waals surface area (Å²) >= 11 is 0. The molecule has 0 aromatic rings. The van der Waals surface area contributed by atoms with Crippen molar-refractivity contribution in [2.75, 3.05) is 27.2 Å². The number of carbonyl (C=O) groups excluding carboxylic acids is 1. The lowest BCUT2D eigenvalue weighted by Gasteiger charge is -2.18. The Balaban J connectivity index is 2.12. The second-order valence-electron chi connectivity index (χ2n) is 4.61. The molecule has 15 heavy (non-hydrogen) atoms. The number of hydrogen-bond donors (Lipinski definition) is 2. The van der Waals surface area contributed by atoms with Gasteiger partial charge in [0.2, 0.25) is 5.91 Å². The highest BCUT2D eigenvalue weighted by molar-refractivity contribution is 5.76. The summed E-state index contributed by atoms with van der Waals surface area (Å²) in [4.78, 5) is 13.1. The summed E-state index contributed by atoms with van der Waals surface area (Å²) in [5, 5.41) is 3.35. The Bertz CT molecular complexity index is 202. The molecule has 0 spiro atoms. The molecular weight excluding hydrogens is 190 g/mol. The van der Waals surface area contributed by atoms with Crippen LogP contribution in [0.5, 0.6) is 0 Å². The van der Waals surface area contributed by atoms with E-state index in [0.29, 0.717) is 13.0 Å². The molecule has 88 valence electrons. The van der Waals surface area contributed by atoms with Gasteiger partial charge in [-0.15, -0.1) is 0 Å². The molecule has 1 amide bonds. The molecule has 0 heterocycles. The van der Waals surface area contributed by atoms with Gasteiger partial charge in [0.25, 0.3) is 0 Å². The average Bonchev–Trinajstić information content (AvgIpc) is 2.99. The van der Waals surface area contributed by atoms with Gasteiger partial charge in [-0.1, -0.05) is 12.8 Å². The first kappa shape index (κ1) is 12.5. The molecule has 1 aliphatic rings. The Morgan fingerprint density at radius 2 is 2.20 bits per heavy atom. The minimum Gasteiger partial charge on any atom is -0.349 e. The summed E-state index contributed by atoms with van der Waals surface area (Å²) in [6.07, 6.45) is 4.50. The molecule has 3 N–H and O–H groups in total. The lowest BCUT2D eigenvalue weighted by molar-refractivity contribution is -0.129. The molecule has 0 radical (unpaired) electrons. The molecule has 0 bridgehead atoms. The minimum atomic E-state index is 0.138. The Hall–Kier alpha value is -0.610. The van der Waals surface area contributed by atoms with Gasteiger partial charge < -0.3 is 16.0 Å². The van der Waals surface area contributed by atoms with Crippen molar-refractivity contribution in [2.24, 2.45) is 11.7 Å². The van der Waals surface area contributed by atoms with E-state index in [1.807, 2.05) is 0 Å². The molecule has 0 aromatic heterocycles. The molecule has 4 heteroatoms. The molecule has 0 saturated heterocycles. The molecule has 0 aromatic carbocycles. The first-order chi connectivity index (χ1) is 7.13. The lowest BCUT2D eigenvalue weighted by atomic mass is 10.2. The van der Waals surface area contributed by atoms with E-state index in [2.05, 4.69) is 5.32 Å². The SMILES string of the molecule is CN(C)C(=O)CC(CN)NCCC1CC1. The summed E-state index contributed by atoms with van der Waals surface area (Å²) < 4.78 is 0. The van der Waals surface area contributed by atoms with Crippen LogP contribution < -0.4 is 11.1 Å². The number of hydrogen-bond acceptors (Lipinski definition) is 3. The maximum Gasteiger partial charge on any atom is 0.223 e. The highest BCUT2D eigenvalue weighted by Crippen LogP contribution is 2.31. The van der Waals surface area contributed by atoms with Crippen LogP contribution in [0.4, 0.5) is 0 Å². The van der Waals surface area contributed by atoms with Crippen molar-refractivity contribution in [3.8, 4) is 0 Å². The highest BCUT2D eigenvalue weighted by atomic mass is 16.2. The van der Waals surface area contributed by atoms with Crippen molar-refractivity contribution in [1.29, 1.82) is 0 Å². The number of nitrogens with one attached hydrogen (secondary N) is 1. The van der Waals surface area contributed by atoms with Crippen LogP contribution >= 0.6 is 0 Å². The maximum atomic E-state index is 11.5. The third-order valence-electron chi connectivity index (χ3n) is 2.89. The smallest absolute Gasteiger partial charge is 0.223 e. The van der Waals surface area contributed by atoms with Gasteiger partial charge in [0.05, 0.1) is 0 Å². The van der Waals surface area contributed by atoms with Crippen molar-refractivity contribution in [2.45, 2.75) is 31.7 Å². The molecule has 1 unspecified atom stereocenters. The standard InChI is InChI=1S/C11H23N3O/c1-14(2)11(15)7-10(8-12)13-6-5-9-3-4-9/h9-10,13H,3-8,12H2,1-2H3. The zero-order valence-corrected chi connectivity index (χ0v) is 9.83. The number of amides is 1. The molecule has 1 saturated carbocycles. The Morgan fingerprint density at radius 3 is 2.67 bits per heavy atom. The van der Waals surface area contributed by atoms with E-state index in [4.69, 9.17) is 5.73 Å². The van der Waals surface area contributed by atoms with Crippen LogP contribution in [0.2, 0.25) is 0 Å². The van der Waals surface area contributed by atoms with Crippen LogP contribution in [0.25, 0.3) is 0 Å². The van der Waals surface area contributed by atoms with E-state index in [1.165, 1.54) is 19.3 Å². The van der Waals surface area contributed by atoms with Crippen molar-refractivity contribution >= 4 is 5.91 Å². The molecule has 1 fully saturated rings. The second-order valence-corrected chi connectivity index (χ2v) is 4.61. The summed E-state index contributed by atoms with van der Waals surface area (Å²) in [6, 6.07) is 0.138. The van der Waals surface area contributed by atoms with Gasteiger partial charge in [-0.3, -0.25) is 4.79 Å². The van der Waals surface area contributed by atoms with Gasteiger partial charge in [-0.25, -0.2) is 0 Å². The number of rotatable bonds is 7. The van der Waals surface area contributed by atoms with E-state index in [-0.39, 0.29) is 11.9 Å². The zero-order chi connectivity index (χ0) is 11.3. The van der Waals surface area contributed by atoms with Crippen molar-refractivity contribution in [3.05, 3.63) is 0 Å². The second kappa shape index (κ2) is 6.08. The Morgan fingerprint density at radius 1 is 1.53 bits per heavy atom. The molecule has 1 atom stereocenters. The first-order valence-electron chi connectivity index (χ1n) is 5.77. The summed E-state index contributed by atoms with van der Waals surface area (Å²) in [5.41, 5.74) is 5.62. The van der Waals surface area contributed by atoms with Crippen LogP contribution in [0.1, 0.15) is 25.7 Å². The quantitative estimate of drug-likeness (QED) is 0.634. The minimum absolute atomic E-state index is 0.138. The third kappa shape index (κ3) is 5.14. The monoisotopic (exact) mass is 213 g/mol. The fourth-order valence-corrected chi connectivity index (χ4v) is 1.53. The topological polar surface area (TPSA) is 58.4 Å². The molecular formula is C11H23N3O. The predicted molar refractivity (Wildman–Crippen MR) is 61.5 cm³/mol. The zero-order valence-electron chi connectivity index (χ0n) is 9.83. The van der Waals surface area contributed by atoms with Gasteiger partial charge in [0.15, 0.2) is 0 Å². The maximum absolute atomic E-state index is 11.5. The predicted octanol–water partition coefficient (Wildman–Crippen LogP) is 0.182. The van der Waals surface area contributed by atoms with Crippen LogP contribution in [-0.4, -0.2) is 44.0 Å². The van der Waals surface area contributed by atoms with Gasteiger partial charge >= 0.3 is 0 Å². The van der Waals surface area contributed by atoms with E-state index in [0.717, 1.165) is 12.5 Å². The van der Waals surface area contributed by atoms with Crippen LogP contribution in [-0.2, 0) is 4.79 Å². The highest BCUT2D eigenvalue weighted by Gasteiger charge is 2.21. The summed E-state index contributed by atoms with van der Waals surface area (Å²) in [6.45, 7) is 1.53. The fourth-order valence-electron chi connectivity index (χ4n) is 1.53. The van der Waals surface area contributed by atoms with Crippen molar-refractivity contribution in [3.63, 3.8) is 0 Å². The lowest BCUT2D eigenvalue weighted by Crippen LogP contribution is -2.40. The summed E-state index contributed by atoms with van der Waals surface area (Å²) in [5.74, 6) is 1.07. The van der Waals surface area contributed by atoms with E-state index in [9.17, 15) is 4.79 Å². The Kier molecular flexibility index (Phi) is 5.05. The van der Waals surface area contributed by atoms with Crippen LogP contribution in [0, 0.1) is 5.92 Å². The average molecular weight is 213 g/mol. The van der Waals surface area contributed by atoms with E-state index in [1.54, 1.807) is 19.0 Å². The third-order valence-corrected chi connectivity index (χ3v) is 2.89. The number of nitrogens with two attached hydrogens (primary N) is 1. The van der Waals surface area contributed by atoms with Gasteiger partial charge in [-0.2, -0.15) is 0 Å². The van der Waals surface area contributed by atoms with Crippen LogP contribution in [0.15, 0.2) is 0 Å². The Labute approximate surface area is 92.2 Å². The molecule has 4 nitrogen and oxygen atoms in total. The van der Waals surface area contributed by atoms with Gasteiger partial charge in [0.1, 0.15) is 0 Å². The van der Waals surface area contributed by atoms with Crippen molar-refractivity contribution < 1.29 is 4.79 Å². The fraction of sp³-hybridized carbons (Fsp3) is 0.909. The van der Waals surface area contributed by atoms with Gasteiger partial charge in [-0.05, 0) is 18.9 Å². The number of carbonyl (C=O) groups is 1. The van der Waals surface area contributed by atoms with E-state index < -0.39 is 0 Å². The van der Waals surface area contributed by atoms with Crippen molar-refractivity contribution in [1.82, 2.24) is 10.2 Å². The van der Waals surface area contributed by atoms with Gasteiger partial charge in [0, 0.05) is 33.1 Å². The molecule has 1 rings (SSSR count).